The topological polar surface area (TPSA) is 80.9 Å². The molecule has 0 unspecified atom stereocenters. The number of hydrogen-bond donors (Lipinski definition) is 4. The largest absolute Gasteiger partial charge is 0.488 e. The Morgan fingerprint density at radius 2 is 1.27 bits per heavy atom. The van der Waals surface area contributed by atoms with Crippen LogP contribution in [0.4, 0.5) is 0 Å². The smallest absolute Gasteiger partial charge is 0.423 e. The van der Waals surface area contributed by atoms with E-state index in [9.17, 15) is 20.1 Å². The summed E-state index contributed by atoms with van der Waals surface area (Å²) in [6.07, 6.45) is 0. The summed E-state index contributed by atoms with van der Waals surface area (Å²) in [5.41, 5.74) is 0.252. The first-order chi connectivity index (χ1) is 10.6. The van der Waals surface area contributed by atoms with Crippen LogP contribution in [0.3, 0.4) is 0 Å². The molecule has 106 valence electrons. The zero-order valence-electron chi connectivity index (χ0n) is 11.6. The van der Waals surface area contributed by atoms with Crippen LogP contribution < -0.4 is 10.9 Å². The van der Waals surface area contributed by atoms with Crippen molar-refractivity contribution < 1.29 is 20.1 Å². The van der Waals surface area contributed by atoms with E-state index in [1.165, 1.54) is 0 Å². The molecule has 0 fully saturated rings. The van der Waals surface area contributed by atoms with Gasteiger partial charge in [-0.05, 0) is 43.2 Å². The average Bonchev–Trinajstić information content (AvgIpc) is 2.51. The number of hydrogen-bond acceptors (Lipinski definition) is 4. The molecule has 0 heterocycles. The summed E-state index contributed by atoms with van der Waals surface area (Å²) in [5.74, 6) is 0. The van der Waals surface area contributed by atoms with Gasteiger partial charge in [-0.15, -0.1) is 0 Å². The van der Waals surface area contributed by atoms with Gasteiger partial charge in [0.1, 0.15) is 0 Å². The van der Waals surface area contributed by atoms with Crippen molar-refractivity contribution in [2.75, 3.05) is 0 Å². The Balaban J connectivity index is 2.30. The van der Waals surface area contributed by atoms with Crippen molar-refractivity contribution in [3.05, 3.63) is 48.5 Å². The Labute approximate surface area is 126 Å². The van der Waals surface area contributed by atoms with Crippen molar-refractivity contribution in [3.63, 3.8) is 0 Å². The summed E-state index contributed by atoms with van der Waals surface area (Å²) in [6.45, 7) is 0. The molecule has 0 aliphatic carbocycles. The summed E-state index contributed by atoms with van der Waals surface area (Å²) in [5, 5.41) is 44.1. The predicted octanol–water partition coefficient (Wildman–Crippen LogP) is -0.0564. The lowest BCUT2D eigenvalue weighted by Gasteiger charge is -2.17. The van der Waals surface area contributed by atoms with E-state index in [1.807, 2.05) is 36.4 Å². The number of rotatable bonds is 2. The van der Waals surface area contributed by atoms with Gasteiger partial charge >= 0.3 is 14.2 Å². The van der Waals surface area contributed by atoms with Crippen LogP contribution in [-0.4, -0.2) is 34.3 Å². The molecule has 4 nitrogen and oxygen atoms in total. The van der Waals surface area contributed by atoms with Gasteiger partial charge in [0.05, 0.1) is 0 Å². The van der Waals surface area contributed by atoms with Crippen LogP contribution in [0.15, 0.2) is 48.5 Å². The third-order valence-electron chi connectivity index (χ3n) is 4.26. The maximum atomic E-state index is 9.72. The quantitative estimate of drug-likeness (QED) is 0.308. The molecular formula is C16H12B2O4. The van der Waals surface area contributed by atoms with E-state index in [0.29, 0.717) is 5.39 Å². The normalized spacial score (nSPS) is 11.6. The van der Waals surface area contributed by atoms with E-state index >= 15 is 0 Å². The van der Waals surface area contributed by atoms with Gasteiger partial charge in [-0.3, -0.25) is 0 Å². The Morgan fingerprint density at radius 3 is 1.91 bits per heavy atom. The second-order valence-corrected chi connectivity index (χ2v) is 5.48. The number of benzene rings is 4. The minimum absolute atomic E-state index is 0.112. The molecule has 0 atom stereocenters. The third-order valence-corrected chi connectivity index (χ3v) is 4.26. The van der Waals surface area contributed by atoms with Gasteiger partial charge < -0.3 is 20.1 Å². The molecule has 0 aliphatic heterocycles. The van der Waals surface area contributed by atoms with Gasteiger partial charge in [0.25, 0.3) is 0 Å². The minimum atomic E-state index is -1.78. The SMILES string of the molecule is OB(O)c1cc2ccc3cccc4ccc(c1B(O)O)c2c34. The van der Waals surface area contributed by atoms with Crippen LogP contribution in [0.25, 0.3) is 32.3 Å². The molecular weight excluding hydrogens is 278 g/mol. The summed E-state index contributed by atoms with van der Waals surface area (Å²) in [4.78, 5) is 0. The van der Waals surface area contributed by atoms with Crippen LogP contribution in [0, 0.1) is 0 Å². The first-order valence-electron chi connectivity index (χ1n) is 7.00. The second kappa shape index (κ2) is 4.69. The Hall–Kier alpha value is -2.11. The molecule has 0 radical (unpaired) electrons. The lowest BCUT2D eigenvalue weighted by atomic mass is 9.63. The Bertz CT molecular complexity index is 982. The maximum Gasteiger partial charge on any atom is 0.488 e. The average molecular weight is 290 g/mol. The van der Waals surface area contributed by atoms with Crippen molar-refractivity contribution in [1.82, 2.24) is 0 Å². The van der Waals surface area contributed by atoms with Gasteiger partial charge in [0.15, 0.2) is 0 Å². The van der Waals surface area contributed by atoms with Gasteiger partial charge in [0, 0.05) is 0 Å². The summed E-state index contributed by atoms with van der Waals surface area (Å²) in [6, 6.07) is 15.2. The molecule has 0 spiro atoms. The molecule has 22 heavy (non-hydrogen) atoms. The summed E-state index contributed by atoms with van der Waals surface area (Å²) in [7, 11) is -3.54. The van der Waals surface area contributed by atoms with Gasteiger partial charge in [0.2, 0.25) is 0 Å². The van der Waals surface area contributed by atoms with Gasteiger partial charge in [-0.1, -0.05) is 48.5 Å². The maximum absolute atomic E-state index is 9.72. The molecule has 0 bridgehead atoms. The molecule has 0 aliphatic rings. The van der Waals surface area contributed by atoms with Crippen LogP contribution in [0.2, 0.25) is 0 Å². The Morgan fingerprint density at radius 1 is 0.636 bits per heavy atom. The van der Waals surface area contributed by atoms with E-state index in [4.69, 9.17) is 0 Å². The monoisotopic (exact) mass is 290 g/mol. The third kappa shape index (κ3) is 1.76. The summed E-state index contributed by atoms with van der Waals surface area (Å²) < 4.78 is 0. The fraction of sp³-hybridized carbons (Fsp3) is 0. The van der Waals surface area contributed by atoms with E-state index in [-0.39, 0.29) is 10.9 Å². The summed E-state index contributed by atoms with van der Waals surface area (Å²) >= 11 is 0. The van der Waals surface area contributed by atoms with Crippen molar-refractivity contribution in [1.29, 1.82) is 0 Å². The standard InChI is InChI=1S/C16H12B2O4/c19-17(20)13-8-11-5-4-9-2-1-3-10-6-7-12(15(11)14(9)10)16(13)18(21)22/h1-8,19-22H. The van der Waals surface area contributed by atoms with Gasteiger partial charge in [-0.2, -0.15) is 0 Å². The van der Waals surface area contributed by atoms with E-state index < -0.39 is 14.2 Å². The highest BCUT2D eigenvalue weighted by molar-refractivity contribution is 6.74. The molecule has 4 N–H and O–H groups in total. The van der Waals surface area contributed by atoms with E-state index in [1.54, 1.807) is 12.1 Å². The second-order valence-electron chi connectivity index (χ2n) is 5.48. The fourth-order valence-electron chi connectivity index (χ4n) is 3.36. The lowest BCUT2D eigenvalue weighted by molar-refractivity contribution is 0.419. The predicted molar refractivity (Wildman–Crippen MR) is 89.8 cm³/mol. The van der Waals surface area contributed by atoms with Gasteiger partial charge in [-0.25, -0.2) is 0 Å². The highest BCUT2D eigenvalue weighted by atomic mass is 16.4. The highest BCUT2D eigenvalue weighted by Gasteiger charge is 2.27. The Kier molecular flexibility index (Phi) is 2.89. The highest BCUT2D eigenvalue weighted by Crippen LogP contribution is 2.33. The molecule has 4 rings (SSSR count). The molecule has 6 heteroatoms. The first-order valence-corrected chi connectivity index (χ1v) is 7.00. The van der Waals surface area contributed by atoms with Crippen LogP contribution in [0.5, 0.6) is 0 Å². The van der Waals surface area contributed by atoms with Crippen LogP contribution in [-0.2, 0) is 0 Å². The molecule has 0 saturated heterocycles. The van der Waals surface area contributed by atoms with E-state index in [2.05, 4.69) is 0 Å². The zero-order valence-corrected chi connectivity index (χ0v) is 11.6. The molecule has 4 aromatic carbocycles. The van der Waals surface area contributed by atoms with Crippen molar-refractivity contribution in [3.8, 4) is 0 Å². The van der Waals surface area contributed by atoms with Crippen molar-refractivity contribution in [2.24, 2.45) is 0 Å². The van der Waals surface area contributed by atoms with Crippen molar-refractivity contribution in [2.45, 2.75) is 0 Å². The van der Waals surface area contributed by atoms with Crippen LogP contribution in [0.1, 0.15) is 0 Å². The lowest BCUT2D eigenvalue weighted by Crippen LogP contribution is -2.49. The van der Waals surface area contributed by atoms with Crippen molar-refractivity contribution >= 4 is 57.5 Å². The first kappa shape index (κ1) is 13.5. The molecule has 0 saturated carbocycles. The fourth-order valence-corrected chi connectivity index (χ4v) is 3.36. The van der Waals surface area contributed by atoms with E-state index in [0.717, 1.165) is 26.9 Å². The molecule has 0 amide bonds. The zero-order chi connectivity index (χ0) is 15.4. The van der Waals surface area contributed by atoms with Crippen LogP contribution >= 0.6 is 0 Å². The molecule has 4 aromatic rings. The molecule has 0 aromatic heterocycles. The minimum Gasteiger partial charge on any atom is -0.423 e.